The quantitative estimate of drug-likeness (QED) is 0.188. The van der Waals surface area contributed by atoms with Crippen LogP contribution < -0.4 is 0 Å². The number of para-hydroxylation sites is 1. The van der Waals surface area contributed by atoms with Crippen molar-refractivity contribution in [3.63, 3.8) is 0 Å². The number of aromatic amines is 2. The Morgan fingerprint density at radius 1 is 1.08 bits per heavy atom. The molecule has 0 amide bonds. The van der Waals surface area contributed by atoms with E-state index in [4.69, 9.17) is 4.42 Å². The average Bonchev–Trinajstić information content (AvgIpc) is 3.56. The molecule has 0 aliphatic heterocycles. The molecule has 0 fully saturated rings. The van der Waals surface area contributed by atoms with Gasteiger partial charge in [-0.05, 0) is 42.5 Å². The van der Waals surface area contributed by atoms with Crippen LogP contribution in [0.2, 0.25) is 0 Å². The molecule has 36 heavy (non-hydrogen) atoms. The predicted molar refractivity (Wildman–Crippen MR) is 131 cm³/mol. The highest BCUT2D eigenvalue weighted by Crippen LogP contribution is 2.42. The maximum atomic E-state index is 13.6. The Labute approximate surface area is 204 Å². The highest BCUT2D eigenvalue weighted by Gasteiger charge is 2.32. The maximum absolute atomic E-state index is 13.6. The number of carbonyl (C=O) groups excluding carboxylic acids is 1. The first-order valence-corrected chi connectivity index (χ1v) is 11.4. The van der Waals surface area contributed by atoms with Gasteiger partial charge < -0.3 is 29.7 Å². The number of aryl methyl sites for hydroxylation is 1. The van der Waals surface area contributed by atoms with Crippen LogP contribution in [0.3, 0.4) is 0 Å². The topological polar surface area (TPSA) is 140 Å². The van der Waals surface area contributed by atoms with E-state index in [0.29, 0.717) is 22.7 Å². The largest absolute Gasteiger partial charge is 0.504 e. The molecular formula is C27H23FN2O6. The number of aromatic hydroxyl groups is 1. The fraction of sp³-hybridized carbons (Fsp3) is 0.185. The zero-order valence-corrected chi connectivity index (χ0v) is 19.3. The highest BCUT2D eigenvalue weighted by molar-refractivity contribution is 6.18. The van der Waals surface area contributed by atoms with Gasteiger partial charge in [-0.1, -0.05) is 25.1 Å². The van der Waals surface area contributed by atoms with E-state index in [1.165, 1.54) is 30.6 Å². The minimum atomic E-state index is -1.46. The van der Waals surface area contributed by atoms with Gasteiger partial charge in [-0.15, -0.1) is 0 Å². The number of carbonyl (C=O) groups is 2. The molecule has 0 saturated carbocycles. The zero-order valence-electron chi connectivity index (χ0n) is 19.3. The molecule has 0 radical (unpaired) electrons. The normalized spacial score (nSPS) is 12.4. The Hall–Kier alpha value is -4.37. The summed E-state index contributed by atoms with van der Waals surface area (Å²) >= 11 is 0. The van der Waals surface area contributed by atoms with Crippen LogP contribution in [0.5, 0.6) is 5.75 Å². The number of aromatic nitrogens is 2. The summed E-state index contributed by atoms with van der Waals surface area (Å²) < 4.78 is 19.1. The smallest absolute Gasteiger partial charge is 0.372 e. The van der Waals surface area contributed by atoms with Gasteiger partial charge in [-0.25, -0.2) is 9.18 Å². The number of aliphatic hydroxyl groups excluding tert-OH is 1. The Morgan fingerprint density at radius 3 is 2.64 bits per heavy atom. The van der Waals surface area contributed by atoms with E-state index >= 15 is 0 Å². The number of hydrogen-bond donors (Lipinski definition) is 5. The molecule has 0 aliphatic rings. The molecule has 184 valence electrons. The first kappa shape index (κ1) is 23.4. The van der Waals surface area contributed by atoms with Gasteiger partial charge in [0.15, 0.2) is 5.75 Å². The lowest BCUT2D eigenvalue weighted by Crippen LogP contribution is -2.02. The van der Waals surface area contributed by atoms with Crippen molar-refractivity contribution in [2.75, 3.05) is 6.61 Å². The molecule has 5 rings (SSSR count). The van der Waals surface area contributed by atoms with Crippen LogP contribution in [0.4, 0.5) is 4.39 Å². The number of carboxylic acids is 1. The number of H-pyrrole nitrogens is 2. The first-order chi connectivity index (χ1) is 17.3. The zero-order chi connectivity index (χ0) is 25.6. The molecule has 0 bridgehead atoms. The molecule has 1 atom stereocenters. The molecule has 0 aliphatic carbocycles. The summed E-state index contributed by atoms with van der Waals surface area (Å²) in [6.07, 6.45) is 4.38. The molecule has 8 nitrogen and oxygen atoms in total. The number of furan rings is 1. The van der Waals surface area contributed by atoms with Crippen molar-refractivity contribution >= 4 is 33.6 Å². The van der Waals surface area contributed by atoms with E-state index < -0.39 is 34.8 Å². The summed E-state index contributed by atoms with van der Waals surface area (Å²) in [5.74, 6) is -4.20. The number of hydrogen-bond acceptors (Lipinski definition) is 5. The molecule has 2 aromatic carbocycles. The summed E-state index contributed by atoms with van der Waals surface area (Å²) in [6, 6.07) is 9.41. The standard InChI is InChI=1S/C27H23FN2O6/c1-13(12-31)5-6-14-3-2-4-17-19(11-30-22(14)17)23(32)26-24(33)21(25(36-26)27(34)35)18-10-29-20-9-15(28)7-8-16(18)20/h2-4,7-11,13,29-31,33H,5-6,12H2,1H3,(H,34,35). The van der Waals surface area contributed by atoms with Crippen molar-refractivity contribution in [2.24, 2.45) is 5.92 Å². The number of fused-ring (bicyclic) bond motifs is 2. The van der Waals surface area contributed by atoms with E-state index in [2.05, 4.69) is 9.97 Å². The van der Waals surface area contributed by atoms with Gasteiger partial charge in [0.25, 0.3) is 0 Å². The van der Waals surface area contributed by atoms with E-state index in [1.807, 2.05) is 19.1 Å². The van der Waals surface area contributed by atoms with Gasteiger partial charge in [0.2, 0.25) is 17.3 Å². The number of carboxylic acid groups (broad SMARTS) is 1. The molecule has 3 aromatic heterocycles. The van der Waals surface area contributed by atoms with Gasteiger partial charge in [0.05, 0.1) is 11.1 Å². The Bertz CT molecular complexity index is 1630. The van der Waals surface area contributed by atoms with E-state index in [0.717, 1.165) is 17.5 Å². The average molecular weight is 490 g/mol. The van der Waals surface area contributed by atoms with Crippen LogP contribution in [0.15, 0.2) is 53.2 Å². The van der Waals surface area contributed by atoms with Gasteiger partial charge in [0.1, 0.15) is 5.82 Å². The van der Waals surface area contributed by atoms with Gasteiger partial charge in [-0.3, -0.25) is 4.79 Å². The van der Waals surface area contributed by atoms with Crippen LogP contribution in [-0.2, 0) is 6.42 Å². The van der Waals surface area contributed by atoms with Gasteiger partial charge in [-0.2, -0.15) is 0 Å². The van der Waals surface area contributed by atoms with Crippen LogP contribution in [-0.4, -0.2) is 43.6 Å². The molecule has 1 unspecified atom stereocenters. The highest BCUT2D eigenvalue weighted by atomic mass is 19.1. The lowest BCUT2D eigenvalue weighted by molar-refractivity contribution is 0.0661. The number of benzene rings is 2. The van der Waals surface area contributed by atoms with Crippen LogP contribution in [0.1, 0.15) is 45.6 Å². The van der Waals surface area contributed by atoms with Gasteiger partial charge >= 0.3 is 5.97 Å². The number of ketones is 1. The predicted octanol–water partition coefficient (Wildman–Crippen LogP) is 5.24. The fourth-order valence-electron chi connectivity index (χ4n) is 4.51. The third kappa shape index (κ3) is 3.83. The summed E-state index contributed by atoms with van der Waals surface area (Å²) in [4.78, 5) is 31.4. The van der Waals surface area contributed by atoms with Crippen LogP contribution in [0, 0.1) is 11.7 Å². The number of nitrogens with one attached hydrogen (secondary N) is 2. The van der Waals surface area contributed by atoms with Crippen molar-refractivity contribution < 1.29 is 33.7 Å². The SMILES string of the molecule is CC(CO)CCc1cccc2c(C(=O)c3oc(C(=O)O)c(-c4c[nH]c5cc(F)ccc45)c3O)c[nH]c12. The lowest BCUT2D eigenvalue weighted by Gasteiger charge is -2.08. The van der Waals surface area contributed by atoms with Crippen molar-refractivity contribution in [3.05, 3.63) is 77.3 Å². The molecule has 5 aromatic rings. The number of aromatic carboxylic acids is 1. The Kier molecular flexibility index (Phi) is 5.85. The molecule has 0 spiro atoms. The molecule has 9 heteroatoms. The lowest BCUT2D eigenvalue weighted by atomic mass is 9.98. The number of halogens is 1. The summed E-state index contributed by atoms with van der Waals surface area (Å²) in [5.41, 5.74) is 2.43. The number of rotatable bonds is 8. The van der Waals surface area contributed by atoms with Crippen LogP contribution >= 0.6 is 0 Å². The minimum Gasteiger partial charge on any atom is -0.504 e. The molecule has 0 saturated heterocycles. The maximum Gasteiger partial charge on any atom is 0.372 e. The first-order valence-electron chi connectivity index (χ1n) is 11.4. The Morgan fingerprint density at radius 2 is 1.89 bits per heavy atom. The third-order valence-corrected chi connectivity index (χ3v) is 6.46. The second kappa shape index (κ2) is 9.01. The van der Waals surface area contributed by atoms with Gasteiger partial charge in [0, 0.05) is 46.4 Å². The van der Waals surface area contributed by atoms with Crippen LogP contribution in [0.25, 0.3) is 32.9 Å². The molecule has 5 N–H and O–H groups in total. The van der Waals surface area contributed by atoms with Crippen molar-refractivity contribution in [1.29, 1.82) is 0 Å². The van der Waals surface area contributed by atoms with E-state index in [-0.39, 0.29) is 29.2 Å². The second-order valence-electron chi connectivity index (χ2n) is 8.88. The van der Waals surface area contributed by atoms with Crippen molar-refractivity contribution in [3.8, 4) is 16.9 Å². The monoisotopic (exact) mass is 490 g/mol. The summed E-state index contributed by atoms with van der Waals surface area (Å²) in [7, 11) is 0. The molecule has 3 heterocycles. The third-order valence-electron chi connectivity index (χ3n) is 6.46. The summed E-state index contributed by atoms with van der Waals surface area (Å²) in [6.45, 7) is 2.03. The van der Waals surface area contributed by atoms with Crippen molar-refractivity contribution in [1.82, 2.24) is 9.97 Å². The van der Waals surface area contributed by atoms with E-state index in [9.17, 15) is 29.3 Å². The number of aliphatic hydroxyl groups is 1. The van der Waals surface area contributed by atoms with Crippen molar-refractivity contribution in [2.45, 2.75) is 19.8 Å². The van der Waals surface area contributed by atoms with E-state index in [1.54, 1.807) is 6.07 Å². The minimum absolute atomic E-state index is 0.0851. The summed E-state index contributed by atoms with van der Waals surface area (Å²) in [5, 5.41) is 31.1. The Balaban J connectivity index is 1.59. The molecular weight excluding hydrogens is 467 g/mol. The fourth-order valence-corrected chi connectivity index (χ4v) is 4.51. The second-order valence-corrected chi connectivity index (χ2v) is 8.88.